The summed E-state index contributed by atoms with van der Waals surface area (Å²) in [4.78, 5) is 0. The highest BCUT2D eigenvalue weighted by atomic mass is 14.9. The molecule has 1 N–H and O–H groups in total. The van der Waals surface area contributed by atoms with Gasteiger partial charge in [-0.1, -0.05) is 196 Å². The molecular formula is C55H41N. The van der Waals surface area contributed by atoms with Crippen LogP contribution in [0.15, 0.2) is 200 Å². The Morgan fingerprint density at radius 3 is 1.64 bits per heavy atom. The Balaban J connectivity index is 1.11. The first kappa shape index (κ1) is 32.7. The van der Waals surface area contributed by atoms with Gasteiger partial charge in [0.25, 0.3) is 0 Å². The monoisotopic (exact) mass is 715 g/mol. The molecule has 1 aliphatic heterocycles. The van der Waals surface area contributed by atoms with Crippen LogP contribution in [0.2, 0.25) is 0 Å². The van der Waals surface area contributed by atoms with Crippen LogP contribution in [0.25, 0.3) is 44.3 Å². The Kier molecular flexibility index (Phi) is 7.25. The Morgan fingerprint density at radius 1 is 0.411 bits per heavy atom. The molecule has 0 bridgehead atoms. The fourth-order valence-electron chi connectivity index (χ4n) is 10.3. The van der Waals surface area contributed by atoms with Crippen molar-refractivity contribution in [3.05, 3.63) is 250 Å². The van der Waals surface area contributed by atoms with Gasteiger partial charge in [0, 0.05) is 11.1 Å². The molecule has 56 heavy (non-hydrogen) atoms. The summed E-state index contributed by atoms with van der Waals surface area (Å²) in [5.41, 5.74) is 18.9. The molecule has 266 valence electrons. The van der Waals surface area contributed by atoms with Crippen molar-refractivity contribution in [3.8, 4) is 22.3 Å². The van der Waals surface area contributed by atoms with E-state index in [4.69, 9.17) is 0 Å². The van der Waals surface area contributed by atoms with E-state index in [1.807, 2.05) is 0 Å². The standard InChI is InChI=1S/C55H41N/c1-54(2)47-25-13-15-27-49(47)55(50-28-16-14-26-48(50)54)46-24-12-11-23-43(46)44-30-29-38(33-51(44)55)40-31-32-45(42-22-10-9-21-41(40)42)53-35-39(36-17-5-3-6-18-36)34-52(56-53)37-19-7-4-8-20-37/h3-35,53,56H,1-2H3. The van der Waals surface area contributed by atoms with Gasteiger partial charge >= 0.3 is 0 Å². The molecule has 11 rings (SSSR count). The number of hydrogen-bond donors (Lipinski definition) is 1. The van der Waals surface area contributed by atoms with Gasteiger partial charge in [-0.3, -0.25) is 0 Å². The van der Waals surface area contributed by atoms with E-state index in [0.29, 0.717) is 0 Å². The highest BCUT2D eigenvalue weighted by Gasteiger charge is 2.53. The second-order valence-corrected chi connectivity index (χ2v) is 16.1. The van der Waals surface area contributed by atoms with E-state index in [1.165, 1.54) is 88.7 Å². The summed E-state index contributed by atoms with van der Waals surface area (Å²) in [6.45, 7) is 4.78. The van der Waals surface area contributed by atoms with Crippen LogP contribution >= 0.6 is 0 Å². The van der Waals surface area contributed by atoms with Gasteiger partial charge in [-0.15, -0.1) is 0 Å². The quantitative estimate of drug-likeness (QED) is 0.191. The molecule has 0 radical (unpaired) electrons. The molecule has 1 unspecified atom stereocenters. The summed E-state index contributed by atoms with van der Waals surface area (Å²) in [6.07, 6.45) is 4.68. The largest absolute Gasteiger partial charge is 0.374 e. The van der Waals surface area contributed by atoms with Crippen LogP contribution < -0.4 is 5.32 Å². The lowest BCUT2D eigenvalue weighted by atomic mass is 9.55. The lowest BCUT2D eigenvalue weighted by Crippen LogP contribution is -2.40. The van der Waals surface area contributed by atoms with Crippen molar-refractivity contribution in [1.82, 2.24) is 5.32 Å². The zero-order valence-electron chi connectivity index (χ0n) is 31.6. The van der Waals surface area contributed by atoms with Gasteiger partial charge in [-0.25, -0.2) is 0 Å². The van der Waals surface area contributed by atoms with Crippen molar-refractivity contribution >= 4 is 22.0 Å². The highest BCUT2D eigenvalue weighted by molar-refractivity contribution is 6.01. The lowest BCUT2D eigenvalue weighted by Gasteiger charge is -2.46. The predicted octanol–water partition coefficient (Wildman–Crippen LogP) is 13.3. The zero-order valence-corrected chi connectivity index (χ0v) is 31.6. The molecule has 0 saturated carbocycles. The van der Waals surface area contributed by atoms with Gasteiger partial charge in [0.05, 0.1) is 11.5 Å². The summed E-state index contributed by atoms with van der Waals surface area (Å²) >= 11 is 0. The topological polar surface area (TPSA) is 12.0 Å². The molecule has 1 atom stereocenters. The maximum absolute atomic E-state index is 3.93. The maximum Gasteiger partial charge on any atom is 0.0719 e. The Morgan fingerprint density at radius 2 is 0.946 bits per heavy atom. The molecule has 1 nitrogen and oxygen atoms in total. The van der Waals surface area contributed by atoms with Crippen LogP contribution in [0.5, 0.6) is 0 Å². The third-order valence-electron chi connectivity index (χ3n) is 12.8. The normalized spacial score (nSPS) is 16.9. The molecule has 3 aliphatic rings. The van der Waals surface area contributed by atoms with Gasteiger partial charge in [-0.2, -0.15) is 0 Å². The zero-order chi connectivity index (χ0) is 37.4. The first-order chi connectivity index (χ1) is 27.5. The Bertz CT molecular complexity index is 2860. The molecule has 2 aliphatic carbocycles. The second kappa shape index (κ2) is 12.4. The van der Waals surface area contributed by atoms with Crippen molar-refractivity contribution in [2.45, 2.75) is 30.7 Å². The first-order valence-electron chi connectivity index (χ1n) is 19.8. The molecule has 1 spiro atoms. The summed E-state index contributed by atoms with van der Waals surface area (Å²) in [7, 11) is 0. The minimum absolute atomic E-state index is 0.0132. The van der Waals surface area contributed by atoms with Crippen LogP contribution in [0, 0.1) is 0 Å². The minimum atomic E-state index is -0.425. The molecule has 1 heteroatoms. The van der Waals surface area contributed by atoms with Crippen molar-refractivity contribution < 1.29 is 0 Å². The maximum atomic E-state index is 3.93. The van der Waals surface area contributed by atoms with Gasteiger partial charge in [0.2, 0.25) is 0 Å². The smallest absolute Gasteiger partial charge is 0.0719 e. The average Bonchev–Trinajstić information content (AvgIpc) is 3.56. The van der Waals surface area contributed by atoms with E-state index in [9.17, 15) is 0 Å². The van der Waals surface area contributed by atoms with Gasteiger partial charge in [0.15, 0.2) is 0 Å². The fraction of sp³-hybridized carbons (Fsp3) is 0.0909. The minimum Gasteiger partial charge on any atom is -0.374 e. The Labute approximate surface area is 329 Å². The van der Waals surface area contributed by atoms with Crippen molar-refractivity contribution in [1.29, 1.82) is 0 Å². The Hall–Kier alpha value is -6.70. The van der Waals surface area contributed by atoms with Gasteiger partial charge in [-0.05, 0) is 107 Å². The van der Waals surface area contributed by atoms with E-state index in [1.54, 1.807) is 0 Å². The third kappa shape index (κ3) is 4.67. The van der Waals surface area contributed by atoms with E-state index in [2.05, 4.69) is 219 Å². The van der Waals surface area contributed by atoms with Crippen LogP contribution in [0.1, 0.15) is 70.0 Å². The van der Waals surface area contributed by atoms with E-state index in [-0.39, 0.29) is 11.5 Å². The molecule has 0 aromatic heterocycles. The van der Waals surface area contributed by atoms with Gasteiger partial charge < -0.3 is 5.32 Å². The first-order valence-corrected chi connectivity index (χ1v) is 19.8. The molecule has 0 saturated heterocycles. The summed E-state index contributed by atoms with van der Waals surface area (Å²) in [5, 5.41) is 6.45. The number of rotatable bonds is 4. The molecule has 0 fully saturated rings. The number of benzene rings is 8. The fourth-order valence-corrected chi connectivity index (χ4v) is 10.3. The number of nitrogens with one attached hydrogen (secondary N) is 1. The summed E-state index contributed by atoms with van der Waals surface area (Å²) in [5.74, 6) is 0. The number of hydrogen-bond acceptors (Lipinski definition) is 1. The third-order valence-corrected chi connectivity index (χ3v) is 12.8. The highest BCUT2D eigenvalue weighted by Crippen LogP contribution is 2.62. The second-order valence-electron chi connectivity index (χ2n) is 16.1. The average molecular weight is 716 g/mol. The van der Waals surface area contributed by atoms with E-state index >= 15 is 0 Å². The van der Waals surface area contributed by atoms with Crippen LogP contribution in [0.4, 0.5) is 0 Å². The van der Waals surface area contributed by atoms with Crippen LogP contribution in [-0.4, -0.2) is 0 Å². The SMILES string of the molecule is CC1(C)c2ccccc2C2(c3ccccc3-c3ccc(-c4ccc(C5C=C(c6ccccc6)C=C(c6ccccc6)N5)c5ccccc45)cc32)c2ccccc21. The number of fused-ring (bicyclic) bond motifs is 10. The predicted molar refractivity (Wildman–Crippen MR) is 234 cm³/mol. The summed E-state index contributed by atoms with van der Waals surface area (Å²) < 4.78 is 0. The van der Waals surface area contributed by atoms with Crippen LogP contribution in [0.3, 0.4) is 0 Å². The molecule has 8 aromatic carbocycles. The van der Waals surface area contributed by atoms with E-state index < -0.39 is 5.41 Å². The van der Waals surface area contributed by atoms with Gasteiger partial charge in [0.1, 0.15) is 0 Å². The molecule has 0 amide bonds. The molecular weight excluding hydrogens is 675 g/mol. The van der Waals surface area contributed by atoms with Crippen molar-refractivity contribution in [2.24, 2.45) is 0 Å². The van der Waals surface area contributed by atoms with Crippen LogP contribution in [-0.2, 0) is 10.8 Å². The number of dihydropyridines is 1. The molecule has 8 aromatic rings. The van der Waals surface area contributed by atoms with Crippen molar-refractivity contribution in [3.63, 3.8) is 0 Å². The summed E-state index contributed by atoms with van der Waals surface area (Å²) in [6, 6.07) is 69.9. The molecule has 1 heterocycles. The van der Waals surface area contributed by atoms with E-state index in [0.717, 1.165) is 5.70 Å². The lowest BCUT2D eigenvalue weighted by molar-refractivity contribution is 0.563. The van der Waals surface area contributed by atoms with Crippen molar-refractivity contribution in [2.75, 3.05) is 0 Å². The number of allylic oxidation sites excluding steroid dienone is 2.